The Morgan fingerprint density at radius 2 is 2.00 bits per heavy atom. The van der Waals surface area contributed by atoms with Gasteiger partial charge in [-0.25, -0.2) is 4.39 Å². The second kappa shape index (κ2) is 5.41. The Morgan fingerprint density at radius 3 is 2.57 bits per heavy atom. The number of aliphatic hydroxyl groups is 1. The number of hydrogen-bond acceptors (Lipinski definition) is 1. The minimum Gasteiger partial charge on any atom is -0.392 e. The van der Waals surface area contributed by atoms with Crippen molar-refractivity contribution in [2.45, 2.75) is 25.9 Å². The van der Waals surface area contributed by atoms with Crippen LogP contribution in [0, 0.1) is 17.7 Å². The Hall–Kier alpha value is -1.33. The highest BCUT2D eigenvalue weighted by molar-refractivity contribution is 5.33. The minimum atomic E-state index is -0.358. The molecule has 0 aliphatic carbocycles. The van der Waals surface area contributed by atoms with Crippen LogP contribution in [-0.4, -0.2) is 11.2 Å². The molecule has 1 unspecified atom stereocenters. The maximum atomic E-state index is 12.5. The van der Waals surface area contributed by atoms with Gasteiger partial charge < -0.3 is 5.11 Å². The highest BCUT2D eigenvalue weighted by Gasteiger charge is 1.95. The molecule has 0 aromatic heterocycles. The molecular formula is C12H13FO. The normalized spacial score (nSPS) is 11.6. The molecule has 74 valence electrons. The second-order valence-corrected chi connectivity index (χ2v) is 3.07. The van der Waals surface area contributed by atoms with E-state index in [1.807, 2.05) is 6.92 Å². The molecule has 0 heterocycles. The number of aliphatic hydroxyl groups excluding tert-OH is 1. The molecule has 0 aliphatic heterocycles. The summed E-state index contributed by atoms with van der Waals surface area (Å²) in [6.45, 7) is 1.91. The van der Waals surface area contributed by atoms with Gasteiger partial charge in [0.15, 0.2) is 0 Å². The van der Waals surface area contributed by atoms with E-state index in [0.29, 0.717) is 12.8 Å². The summed E-state index contributed by atoms with van der Waals surface area (Å²) in [6.07, 6.45) is 0.814. The Kier molecular flexibility index (Phi) is 4.15. The summed E-state index contributed by atoms with van der Waals surface area (Å²) >= 11 is 0. The number of halogens is 1. The van der Waals surface area contributed by atoms with Crippen LogP contribution in [0.4, 0.5) is 4.39 Å². The third kappa shape index (κ3) is 3.59. The Morgan fingerprint density at radius 1 is 1.36 bits per heavy atom. The van der Waals surface area contributed by atoms with E-state index in [4.69, 9.17) is 0 Å². The van der Waals surface area contributed by atoms with Gasteiger partial charge in [-0.3, -0.25) is 0 Å². The maximum Gasteiger partial charge on any atom is 0.123 e. The number of hydrogen-bond donors (Lipinski definition) is 1. The van der Waals surface area contributed by atoms with Crippen molar-refractivity contribution < 1.29 is 9.50 Å². The fourth-order valence-electron chi connectivity index (χ4n) is 0.948. The van der Waals surface area contributed by atoms with Crippen molar-refractivity contribution >= 4 is 0 Å². The van der Waals surface area contributed by atoms with Gasteiger partial charge in [-0.15, -0.1) is 0 Å². The van der Waals surface area contributed by atoms with Crippen LogP contribution in [0.15, 0.2) is 24.3 Å². The summed E-state index contributed by atoms with van der Waals surface area (Å²) in [5, 5.41) is 9.22. The van der Waals surface area contributed by atoms with E-state index < -0.39 is 0 Å². The molecule has 0 aliphatic rings. The van der Waals surface area contributed by atoms with Gasteiger partial charge in [-0.2, -0.15) is 0 Å². The van der Waals surface area contributed by atoms with Crippen molar-refractivity contribution in [2.75, 3.05) is 0 Å². The van der Waals surface area contributed by atoms with Crippen LogP contribution in [-0.2, 0) is 0 Å². The molecule has 1 N–H and O–H groups in total. The van der Waals surface area contributed by atoms with Crippen molar-refractivity contribution in [3.8, 4) is 11.8 Å². The second-order valence-electron chi connectivity index (χ2n) is 3.07. The van der Waals surface area contributed by atoms with E-state index >= 15 is 0 Å². The van der Waals surface area contributed by atoms with Crippen LogP contribution in [0.25, 0.3) is 0 Å². The smallest absolute Gasteiger partial charge is 0.123 e. The first-order chi connectivity index (χ1) is 6.72. The molecule has 0 saturated heterocycles. The van der Waals surface area contributed by atoms with Crippen molar-refractivity contribution in [1.82, 2.24) is 0 Å². The molecule has 0 radical (unpaired) electrons. The molecular weight excluding hydrogens is 179 g/mol. The lowest BCUT2D eigenvalue weighted by atomic mass is 10.2. The Balaban J connectivity index is 2.55. The van der Waals surface area contributed by atoms with E-state index in [1.54, 1.807) is 12.1 Å². The third-order valence-corrected chi connectivity index (χ3v) is 1.89. The van der Waals surface area contributed by atoms with Gasteiger partial charge in [0.1, 0.15) is 5.82 Å². The SMILES string of the molecule is CCC(O)CC#Cc1ccc(F)cc1. The zero-order valence-corrected chi connectivity index (χ0v) is 8.13. The van der Waals surface area contributed by atoms with Gasteiger partial charge in [0.25, 0.3) is 0 Å². The van der Waals surface area contributed by atoms with Crippen molar-refractivity contribution in [3.05, 3.63) is 35.6 Å². The van der Waals surface area contributed by atoms with Crippen LogP contribution in [0.2, 0.25) is 0 Å². The predicted octanol–water partition coefficient (Wildman–Crippen LogP) is 2.34. The first-order valence-corrected chi connectivity index (χ1v) is 4.65. The highest BCUT2D eigenvalue weighted by Crippen LogP contribution is 2.01. The molecule has 14 heavy (non-hydrogen) atoms. The summed E-state index contributed by atoms with van der Waals surface area (Å²) in [5.74, 6) is 5.45. The summed E-state index contributed by atoms with van der Waals surface area (Å²) in [7, 11) is 0. The lowest BCUT2D eigenvalue weighted by Crippen LogP contribution is -2.01. The van der Waals surface area contributed by atoms with Crippen LogP contribution < -0.4 is 0 Å². The van der Waals surface area contributed by atoms with E-state index in [2.05, 4.69) is 11.8 Å². The lowest BCUT2D eigenvalue weighted by Gasteiger charge is -1.99. The quantitative estimate of drug-likeness (QED) is 0.713. The molecule has 2 heteroatoms. The van der Waals surface area contributed by atoms with E-state index in [0.717, 1.165) is 5.56 Å². The highest BCUT2D eigenvalue weighted by atomic mass is 19.1. The molecule has 1 rings (SSSR count). The molecule has 1 aromatic carbocycles. The van der Waals surface area contributed by atoms with Gasteiger partial charge >= 0.3 is 0 Å². The summed E-state index contributed by atoms with van der Waals surface area (Å²) < 4.78 is 12.5. The fourth-order valence-corrected chi connectivity index (χ4v) is 0.948. The zero-order valence-electron chi connectivity index (χ0n) is 8.13. The van der Waals surface area contributed by atoms with Gasteiger partial charge in [-0.1, -0.05) is 18.8 Å². The first-order valence-electron chi connectivity index (χ1n) is 4.65. The molecule has 0 spiro atoms. The number of benzene rings is 1. The van der Waals surface area contributed by atoms with E-state index in [-0.39, 0.29) is 11.9 Å². The van der Waals surface area contributed by atoms with Gasteiger partial charge in [0.2, 0.25) is 0 Å². The van der Waals surface area contributed by atoms with Crippen molar-refractivity contribution in [2.24, 2.45) is 0 Å². The zero-order chi connectivity index (χ0) is 10.4. The fraction of sp³-hybridized carbons (Fsp3) is 0.333. The average Bonchev–Trinajstić information content (AvgIpc) is 2.21. The van der Waals surface area contributed by atoms with Crippen LogP contribution >= 0.6 is 0 Å². The number of rotatable bonds is 2. The largest absolute Gasteiger partial charge is 0.392 e. The molecule has 1 aromatic rings. The first kappa shape index (κ1) is 10.7. The maximum absolute atomic E-state index is 12.5. The van der Waals surface area contributed by atoms with E-state index in [1.165, 1.54) is 12.1 Å². The van der Waals surface area contributed by atoms with Crippen molar-refractivity contribution in [3.63, 3.8) is 0 Å². The van der Waals surface area contributed by atoms with Crippen LogP contribution in [0.1, 0.15) is 25.3 Å². The third-order valence-electron chi connectivity index (χ3n) is 1.89. The summed E-state index contributed by atoms with van der Waals surface area (Å²) in [4.78, 5) is 0. The Bertz CT molecular complexity index is 332. The van der Waals surface area contributed by atoms with Crippen LogP contribution in [0.5, 0.6) is 0 Å². The molecule has 0 fully saturated rings. The van der Waals surface area contributed by atoms with Gasteiger partial charge in [0, 0.05) is 12.0 Å². The molecule has 0 bridgehead atoms. The molecule has 0 amide bonds. The van der Waals surface area contributed by atoms with Gasteiger partial charge in [0.05, 0.1) is 6.10 Å². The molecule has 0 saturated carbocycles. The summed E-state index contributed by atoms with van der Waals surface area (Å²) in [6, 6.07) is 6.00. The van der Waals surface area contributed by atoms with E-state index in [9.17, 15) is 9.50 Å². The van der Waals surface area contributed by atoms with Crippen molar-refractivity contribution in [1.29, 1.82) is 0 Å². The molecule has 1 nitrogen and oxygen atoms in total. The Labute approximate surface area is 83.6 Å². The monoisotopic (exact) mass is 192 g/mol. The predicted molar refractivity (Wildman–Crippen MR) is 54.2 cm³/mol. The topological polar surface area (TPSA) is 20.2 Å². The summed E-state index contributed by atoms with van der Waals surface area (Å²) in [5.41, 5.74) is 0.773. The standard InChI is InChI=1S/C12H13FO/c1-2-12(14)5-3-4-10-6-8-11(13)9-7-10/h6-9,12,14H,2,5H2,1H3. The molecule has 1 atom stereocenters. The van der Waals surface area contributed by atoms with Gasteiger partial charge in [-0.05, 0) is 30.7 Å². The minimum absolute atomic E-state index is 0.260. The van der Waals surface area contributed by atoms with Crippen LogP contribution in [0.3, 0.4) is 0 Å². The average molecular weight is 192 g/mol. The lowest BCUT2D eigenvalue weighted by molar-refractivity contribution is 0.176.